The highest BCUT2D eigenvalue weighted by molar-refractivity contribution is 6.39. The van der Waals surface area contributed by atoms with E-state index in [9.17, 15) is 0 Å². The Kier molecular flexibility index (Phi) is 8.37. The molecule has 35 heavy (non-hydrogen) atoms. The van der Waals surface area contributed by atoms with E-state index in [2.05, 4.69) is 0 Å². The largest absolute Gasteiger partial charge is 0.788 e. The van der Waals surface area contributed by atoms with Crippen molar-refractivity contribution in [1.29, 1.82) is 0 Å². The normalized spacial score (nSPS) is 12.6. The number of rotatable bonds is 9. The zero-order chi connectivity index (χ0) is 24.8. The molecule has 4 aromatic rings. The first-order valence-corrected chi connectivity index (χ1v) is 12.0. The number of nitrogens with two attached hydrogens (primary N) is 1. The lowest BCUT2D eigenvalue weighted by atomic mass is 9.95. The van der Waals surface area contributed by atoms with E-state index in [4.69, 9.17) is 42.9 Å². The minimum Gasteiger partial charge on any atom is -0.501 e. The molecule has 7 heteroatoms. The smallest absolute Gasteiger partial charge is 0.501 e. The fourth-order valence-electron chi connectivity index (χ4n) is 3.58. The molecule has 178 valence electrons. The summed E-state index contributed by atoms with van der Waals surface area (Å²) in [6.45, 7) is 3.85. The van der Waals surface area contributed by atoms with Crippen molar-refractivity contribution in [2.45, 2.75) is 26.0 Å². The van der Waals surface area contributed by atoms with Gasteiger partial charge in [-0.15, -0.1) is 0 Å². The third-order valence-corrected chi connectivity index (χ3v) is 6.46. The average molecular weight is 506 g/mol. The molecule has 0 fully saturated rings. The maximum absolute atomic E-state index is 6.72. The van der Waals surface area contributed by atoms with Crippen LogP contribution in [0.3, 0.4) is 0 Å². The van der Waals surface area contributed by atoms with E-state index in [1.165, 1.54) is 0 Å². The second-order valence-electron chi connectivity index (χ2n) is 8.25. The highest BCUT2D eigenvalue weighted by Gasteiger charge is 2.35. The van der Waals surface area contributed by atoms with Gasteiger partial charge in [-0.2, -0.15) is 0 Å². The lowest BCUT2D eigenvalue weighted by Crippen LogP contribution is -2.38. The minimum atomic E-state index is -1.13. The number of benzene rings is 4. The standard InChI is InChI=1S/C28H26BCl2NO3/c1-19-13-15-23(17-25(19)30)33-29(34-24-16-14-20(2)26(31)18-24)35-28(22-11-7-4-8-12-22)27(32)21-9-5-3-6-10-21/h3-18,27-28H,32H2,1-2H3/t27-,28+/m0/s1. The summed E-state index contributed by atoms with van der Waals surface area (Å²) in [7, 11) is -1.13. The lowest BCUT2D eigenvalue weighted by molar-refractivity contribution is 0.109. The van der Waals surface area contributed by atoms with Crippen molar-refractivity contribution in [3.63, 3.8) is 0 Å². The third-order valence-electron chi connectivity index (χ3n) is 5.65. The zero-order valence-electron chi connectivity index (χ0n) is 19.5. The molecule has 0 spiro atoms. The molecule has 2 N–H and O–H groups in total. The Morgan fingerprint density at radius 2 is 1.11 bits per heavy atom. The Bertz CT molecular complexity index is 1200. The summed E-state index contributed by atoms with van der Waals surface area (Å²) in [6, 6.07) is 29.9. The van der Waals surface area contributed by atoms with Crippen LogP contribution in [0, 0.1) is 13.8 Å². The second kappa shape index (κ2) is 11.7. The van der Waals surface area contributed by atoms with Gasteiger partial charge < -0.3 is 19.7 Å². The number of aryl methyl sites for hydroxylation is 2. The van der Waals surface area contributed by atoms with Crippen molar-refractivity contribution in [3.05, 3.63) is 129 Å². The van der Waals surface area contributed by atoms with Crippen LogP contribution in [0.25, 0.3) is 0 Å². The molecule has 4 rings (SSSR count). The second-order valence-corrected chi connectivity index (χ2v) is 9.06. The SMILES string of the molecule is Cc1ccc(OB(Oc2ccc(C)c(Cl)c2)O[C@H](c2ccccc2)[C@@H](N)c2ccccc2)cc1Cl. The number of hydrogen-bond donors (Lipinski definition) is 1. The monoisotopic (exact) mass is 505 g/mol. The summed E-state index contributed by atoms with van der Waals surface area (Å²) in [6.07, 6.45) is -0.564. The van der Waals surface area contributed by atoms with Crippen LogP contribution in [0.15, 0.2) is 97.1 Å². The average Bonchev–Trinajstić information content (AvgIpc) is 2.87. The van der Waals surface area contributed by atoms with E-state index in [0.717, 1.165) is 22.3 Å². The van der Waals surface area contributed by atoms with Gasteiger partial charge in [0.2, 0.25) is 0 Å². The van der Waals surface area contributed by atoms with Crippen molar-refractivity contribution in [2.75, 3.05) is 0 Å². The lowest BCUT2D eigenvalue weighted by Gasteiger charge is -2.28. The summed E-state index contributed by atoms with van der Waals surface area (Å²) in [5.74, 6) is 1.01. The highest BCUT2D eigenvalue weighted by atomic mass is 35.5. The zero-order valence-corrected chi connectivity index (χ0v) is 21.0. The van der Waals surface area contributed by atoms with Crippen LogP contribution >= 0.6 is 23.2 Å². The molecule has 0 radical (unpaired) electrons. The predicted molar refractivity (Wildman–Crippen MR) is 143 cm³/mol. The molecule has 0 unspecified atom stereocenters. The van der Waals surface area contributed by atoms with Gasteiger partial charge in [-0.3, -0.25) is 0 Å². The molecule has 0 aromatic heterocycles. The van der Waals surface area contributed by atoms with Crippen LogP contribution < -0.4 is 15.0 Å². The molecule has 0 saturated carbocycles. The molecule has 2 atom stereocenters. The van der Waals surface area contributed by atoms with Gasteiger partial charge in [-0.05, 0) is 60.4 Å². The van der Waals surface area contributed by atoms with Gasteiger partial charge in [0.25, 0.3) is 0 Å². The number of halogens is 2. The first-order chi connectivity index (χ1) is 16.9. The Balaban J connectivity index is 1.68. The van der Waals surface area contributed by atoms with E-state index in [1.807, 2.05) is 98.8 Å². The molecular formula is C28H26BCl2NO3. The van der Waals surface area contributed by atoms with Gasteiger partial charge in [0, 0.05) is 10.0 Å². The summed E-state index contributed by atoms with van der Waals surface area (Å²) in [4.78, 5) is 0. The molecule has 0 aliphatic carbocycles. The highest BCUT2D eigenvalue weighted by Crippen LogP contribution is 2.33. The first-order valence-electron chi connectivity index (χ1n) is 11.3. The first kappa shape index (κ1) is 25.1. The van der Waals surface area contributed by atoms with Crippen molar-refractivity contribution in [1.82, 2.24) is 0 Å². The molecule has 0 saturated heterocycles. The topological polar surface area (TPSA) is 53.7 Å². The Morgan fingerprint density at radius 1 is 0.657 bits per heavy atom. The van der Waals surface area contributed by atoms with Gasteiger partial charge in [0.15, 0.2) is 0 Å². The number of hydrogen-bond acceptors (Lipinski definition) is 4. The van der Waals surface area contributed by atoms with Crippen LogP contribution in [0.4, 0.5) is 0 Å². The van der Waals surface area contributed by atoms with Crippen LogP contribution in [0.1, 0.15) is 34.4 Å². The van der Waals surface area contributed by atoms with Crippen LogP contribution in [-0.2, 0) is 4.65 Å². The molecular weight excluding hydrogens is 480 g/mol. The minimum absolute atomic E-state index is 0.475. The molecule has 0 aliphatic rings. The van der Waals surface area contributed by atoms with Gasteiger partial charge in [-0.1, -0.05) is 96.0 Å². The Labute approximate surface area is 216 Å². The quantitative estimate of drug-likeness (QED) is 0.239. The molecule has 0 amide bonds. The summed E-state index contributed by atoms with van der Waals surface area (Å²) in [5.41, 5.74) is 10.4. The van der Waals surface area contributed by atoms with Gasteiger partial charge in [0.05, 0.1) is 12.1 Å². The maximum Gasteiger partial charge on any atom is 0.788 e. The van der Waals surface area contributed by atoms with Crippen molar-refractivity contribution in [3.8, 4) is 11.5 Å². The van der Waals surface area contributed by atoms with E-state index in [1.54, 1.807) is 12.1 Å². The van der Waals surface area contributed by atoms with Crippen molar-refractivity contribution < 1.29 is 14.0 Å². The summed E-state index contributed by atoms with van der Waals surface area (Å²) >= 11 is 12.7. The third kappa shape index (κ3) is 6.59. The summed E-state index contributed by atoms with van der Waals surface area (Å²) < 4.78 is 18.7. The van der Waals surface area contributed by atoms with E-state index in [-0.39, 0.29) is 0 Å². The molecule has 0 bridgehead atoms. The van der Waals surface area contributed by atoms with E-state index < -0.39 is 19.5 Å². The van der Waals surface area contributed by atoms with Crippen LogP contribution in [0.2, 0.25) is 10.0 Å². The fraction of sp³-hybridized carbons (Fsp3) is 0.143. The van der Waals surface area contributed by atoms with Gasteiger partial charge in [-0.25, -0.2) is 0 Å². The molecule has 4 nitrogen and oxygen atoms in total. The Morgan fingerprint density at radius 3 is 1.57 bits per heavy atom. The maximum atomic E-state index is 6.72. The van der Waals surface area contributed by atoms with E-state index >= 15 is 0 Å². The molecule has 0 heterocycles. The van der Waals surface area contributed by atoms with Crippen LogP contribution in [-0.4, -0.2) is 7.32 Å². The van der Waals surface area contributed by atoms with Crippen molar-refractivity contribution >= 4 is 30.5 Å². The van der Waals surface area contributed by atoms with Crippen molar-refractivity contribution in [2.24, 2.45) is 5.73 Å². The molecule has 4 aromatic carbocycles. The van der Waals surface area contributed by atoms with Gasteiger partial charge in [0.1, 0.15) is 11.5 Å². The van der Waals surface area contributed by atoms with E-state index in [0.29, 0.717) is 21.5 Å². The van der Waals surface area contributed by atoms with Crippen LogP contribution in [0.5, 0.6) is 11.5 Å². The summed E-state index contributed by atoms with van der Waals surface area (Å²) in [5, 5.41) is 1.17. The Hall–Kier alpha value is -2.96. The fourth-order valence-corrected chi connectivity index (χ4v) is 3.92. The van der Waals surface area contributed by atoms with Gasteiger partial charge >= 0.3 is 7.32 Å². The molecule has 0 aliphatic heterocycles. The predicted octanol–water partition coefficient (Wildman–Crippen LogP) is 7.51.